The van der Waals surface area contributed by atoms with E-state index in [0.29, 0.717) is 56.3 Å². The van der Waals surface area contributed by atoms with Gasteiger partial charge >= 0.3 is 0 Å². The molecule has 0 aliphatic rings. The highest BCUT2D eigenvalue weighted by molar-refractivity contribution is 6.00. The Morgan fingerprint density at radius 1 is 0.385 bits per heavy atom. The number of rotatable bonds is 22. The largest absolute Gasteiger partial charge is 0.496 e. The molecule has 130 heavy (non-hydrogen) atoms. The van der Waals surface area contributed by atoms with Crippen molar-refractivity contribution in [2.24, 2.45) is 81.8 Å². The fraction of sp³-hybridized carbons (Fsp3) is 0.290. The molecule has 1 amide bonds. The topological polar surface area (TPSA) is 540 Å². The molecular weight excluding hydrogens is 1660 g/mol. The summed E-state index contributed by atoms with van der Waals surface area (Å²) in [5.74, 6) is -0.325. The predicted molar refractivity (Wildman–Crippen MR) is 497 cm³/mol. The molecule has 0 aromatic heterocycles. The van der Waals surface area contributed by atoms with Crippen LogP contribution in [0.1, 0.15) is 203 Å². The summed E-state index contributed by atoms with van der Waals surface area (Å²) in [6.07, 6.45) is 0.872. The summed E-state index contributed by atoms with van der Waals surface area (Å²) in [4.78, 5) is 111. The number of amides is 1. The fourth-order valence-electron chi connectivity index (χ4n) is 11.3. The summed E-state index contributed by atoms with van der Waals surface area (Å²) in [7, 11) is 16.1. The molecule has 1 N–H and O–H groups in total. The molecule has 37 nitrogen and oxygen atoms in total. The number of Topliss-reactive ketones (excluding diaryl/α,β-unsaturated/α-hetero) is 7. The highest BCUT2D eigenvalue weighted by atomic mass is 16.6. The van der Waals surface area contributed by atoms with Crippen molar-refractivity contribution in [3.05, 3.63) is 254 Å². The van der Waals surface area contributed by atoms with Crippen LogP contribution in [0, 0.1) is 107 Å². The molecule has 9 aromatic rings. The Morgan fingerprint density at radius 3 is 1.17 bits per heavy atom. The predicted octanol–water partition coefficient (Wildman–Crippen LogP) is 24.7. The van der Waals surface area contributed by atoms with Crippen molar-refractivity contribution < 1.29 is 52.9 Å². The second kappa shape index (κ2) is 56.2. The van der Waals surface area contributed by atoms with Crippen LogP contribution in [0.3, 0.4) is 0 Å². The van der Waals surface area contributed by atoms with Gasteiger partial charge in [0, 0.05) is 128 Å². The van der Waals surface area contributed by atoms with Crippen molar-refractivity contribution in [3.8, 4) is 30.0 Å². The van der Waals surface area contributed by atoms with Crippen LogP contribution in [-0.4, -0.2) is 127 Å². The number of carbonyl (C=O) groups excluding carboxylic acids is 8. The molecule has 0 aliphatic heterocycles. The number of nitro groups is 2. The number of nitro benzene ring substituents is 2. The second-order valence-corrected chi connectivity index (χ2v) is 27.2. The van der Waals surface area contributed by atoms with Gasteiger partial charge < -0.3 is 15.0 Å². The number of nitrogens with zero attached hydrogens (tertiary/aromatic N) is 23. The van der Waals surface area contributed by atoms with E-state index in [-0.39, 0.29) is 104 Å². The molecular formula is C93H104N24O13. The fourth-order valence-corrected chi connectivity index (χ4v) is 11.3. The SMILES string of the molecule is C.CCc1cc(N=Nc2c(C)c(C)c(C)c(C)c2C)c(NC(C)=O)cc1N(C)C.CN=Nc1c(C#N)cc(C(C)=O)cc1C#N.CN=Nc1c(C#N)cc(C(C)=O)cc1[N+](=O)[O-].CN=Nc1ccc(C(C)=O)c(C)c1.CN=Nc1ccc(C(C)=O)c(OC)c1.CN=Nc1ccc(C(C)=O)cc1.CN=Nc1ccc(C(C)=O)cc1C#N.CN=Nc1ccc(C(C)=O)cc1[N+](=O)[O-]. The van der Waals surface area contributed by atoms with Crippen molar-refractivity contribution in [2.45, 2.75) is 118 Å². The van der Waals surface area contributed by atoms with Crippen LogP contribution in [0.15, 0.2) is 215 Å². The van der Waals surface area contributed by atoms with E-state index in [2.05, 4.69) is 129 Å². The average Bonchev–Trinajstić information content (AvgIpc) is 0.795. The summed E-state index contributed by atoms with van der Waals surface area (Å²) < 4.78 is 5.07. The lowest BCUT2D eigenvalue weighted by Crippen LogP contribution is -2.13. The minimum atomic E-state index is -0.697. The molecule has 0 unspecified atom stereocenters. The number of azo groups is 8. The molecule has 0 saturated carbocycles. The number of nitrogens with one attached hydrogen (secondary N) is 1. The molecule has 0 radical (unpaired) electrons. The van der Waals surface area contributed by atoms with Crippen molar-refractivity contribution in [1.29, 1.82) is 21.0 Å². The number of aryl methyl sites for hydroxylation is 2. The Balaban J connectivity index is 0.000000754. The van der Waals surface area contributed by atoms with Gasteiger partial charge in [-0.2, -0.15) is 82.4 Å². The van der Waals surface area contributed by atoms with Gasteiger partial charge in [0.05, 0.1) is 73.2 Å². The second-order valence-electron chi connectivity index (χ2n) is 27.2. The number of carbonyl (C=O) groups is 8. The molecule has 9 rings (SSSR count). The van der Waals surface area contributed by atoms with Crippen LogP contribution < -0.4 is 15.0 Å². The quantitative estimate of drug-likeness (QED) is 0.0285. The minimum absolute atomic E-state index is 0. The molecule has 0 atom stereocenters. The number of benzene rings is 9. The first-order valence-electron chi connectivity index (χ1n) is 38.7. The molecule has 0 heterocycles. The van der Waals surface area contributed by atoms with Gasteiger partial charge in [-0.1, -0.05) is 14.4 Å². The molecule has 0 fully saturated rings. The maximum atomic E-state index is 11.7. The standard InChI is InChI=1S/C23H32N4O.C11H8N4O.C10H8N4O3.C10H9N3O.C10H12N2O2.C10H12N2O.C9H9N3O3.C9H10N2O.CH4/c1-10-19-11-21(20(24-18(7)28)12-22(19)27(8)9)25-26-23-16(5)14(3)13(2)15(4)17(23)6;1-7(16)8-3-9(5-12)11(15-14-2)10(4-8)6-13;1-6(15)7-3-8(5-11)10(13-12-2)9(4-7)14(16)17;1-7(14)8-3-4-10(13-12-2)9(5-8)6-11;1-7(13)9-5-4-8(12-11-2)6-10(9)14-3;1-7-6-9(12-11-3)4-5-10(7)8(2)13;1-6(13)7-3-4-8(11-10-2)9(5-7)12(14)15;1-7(12)8-3-5-9(6-4-8)11-10-2;/h11-12H,10H2,1-9H3,(H,24,28);3-4H,1-2H3;3-4H,1-2H3;3-5H,1-2H3;4-6H,1-3H3;4-6H,1-3H3;3-5H,1-2H3;3-6H,1-2H3;1H4. The normalized spacial score (nSPS) is 10.4. The van der Waals surface area contributed by atoms with E-state index in [1.165, 1.54) is 143 Å². The Bertz CT molecular complexity index is 6050. The monoisotopic (exact) mass is 1760 g/mol. The number of anilines is 2. The third-order valence-corrected chi connectivity index (χ3v) is 18.2. The van der Waals surface area contributed by atoms with Gasteiger partial charge in [-0.05, 0) is 251 Å². The number of ether oxygens (including phenoxy) is 1. The van der Waals surface area contributed by atoms with E-state index in [1.54, 1.807) is 101 Å². The zero-order valence-electron chi connectivity index (χ0n) is 76.5. The van der Waals surface area contributed by atoms with E-state index < -0.39 is 15.5 Å². The summed E-state index contributed by atoms with van der Waals surface area (Å²) in [6.45, 7) is 26.1. The van der Waals surface area contributed by atoms with E-state index >= 15 is 0 Å². The molecule has 0 saturated heterocycles. The number of hydrogen-bond donors (Lipinski definition) is 1. The number of methoxy groups -OCH3 is 1. The van der Waals surface area contributed by atoms with E-state index in [0.717, 1.165) is 63.1 Å². The van der Waals surface area contributed by atoms with Gasteiger partial charge in [0.15, 0.2) is 51.9 Å². The Kier molecular flexibility index (Phi) is 48.1. The van der Waals surface area contributed by atoms with Gasteiger partial charge in [0.2, 0.25) is 5.91 Å². The van der Waals surface area contributed by atoms with Crippen molar-refractivity contribution in [1.82, 2.24) is 0 Å². The van der Waals surface area contributed by atoms with Gasteiger partial charge in [0.25, 0.3) is 11.4 Å². The molecule has 0 spiro atoms. The van der Waals surface area contributed by atoms with Gasteiger partial charge in [-0.25, -0.2) is 0 Å². The zero-order valence-corrected chi connectivity index (χ0v) is 76.5. The third-order valence-electron chi connectivity index (χ3n) is 18.2. The maximum Gasteiger partial charge on any atom is 0.298 e. The van der Waals surface area contributed by atoms with E-state index in [9.17, 15) is 58.6 Å². The maximum absolute atomic E-state index is 11.7. The van der Waals surface area contributed by atoms with Crippen molar-refractivity contribution in [2.75, 3.05) is 80.8 Å². The molecule has 0 bridgehead atoms. The van der Waals surface area contributed by atoms with Gasteiger partial charge in [0.1, 0.15) is 47.1 Å². The molecule has 674 valence electrons. The van der Waals surface area contributed by atoms with Crippen molar-refractivity contribution >= 4 is 120 Å². The summed E-state index contributed by atoms with van der Waals surface area (Å²) in [5.41, 5.74) is 17.7. The Labute approximate surface area is 754 Å². The van der Waals surface area contributed by atoms with Crippen LogP contribution in [0.4, 0.5) is 73.9 Å². The summed E-state index contributed by atoms with van der Waals surface area (Å²) >= 11 is 0. The Morgan fingerprint density at radius 2 is 0.762 bits per heavy atom. The van der Waals surface area contributed by atoms with Gasteiger partial charge in [-0.3, -0.25) is 58.6 Å². The summed E-state index contributed by atoms with van der Waals surface area (Å²) in [6, 6.07) is 43.1. The lowest BCUT2D eigenvalue weighted by molar-refractivity contribution is -0.384. The van der Waals surface area contributed by atoms with Crippen LogP contribution >= 0.6 is 0 Å². The zero-order chi connectivity index (χ0) is 97.6. The molecule has 9 aromatic carbocycles. The molecule has 37 heteroatoms. The first-order chi connectivity index (χ1) is 61.0. The van der Waals surface area contributed by atoms with Crippen molar-refractivity contribution in [3.63, 3.8) is 0 Å². The number of nitriles is 4. The highest BCUT2D eigenvalue weighted by Gasteiger charge is 2.23. The Hall–Kier alpha value is -16.7. The van der Waals surface area contributed by atoms with E-state index in [4.69, 9.17) is 25.8 Å². The van der Waals surface area contributed by atoms with Gasteiger partial charge in [-0.15, -0.1) is 20.5 Å². The highest BCUT2D eigenvalue weighted by Crippen LogP contribution is 2.39. The minimum Gasteiger partial charge on any atom is -0.496 e. The van der Waals surface area contributed by atoms with Crippen LogP contribution in [0.25, 0.3) is 0 Å². The van der Waals surface area contributed by atoms with Crippen LogP contribution in [-0.2, 0) is 11.2 Å². The first kappa shape index (κ1) is 111. The van der Waals surface area contributed by atoms with Crippen LogP contribution in [0.5, 0.6) is 5.75 Å². The first-order valence-corrected chi connectivity index (χ1v) is 38.7. The number of hydrogen-bond acceptors (Lipinski definition) is 34. The third kappa shape index (κ3) is 34.1. The van der Waals surface area contributed by atoms with Crippen LogP contribution in [0.2, 0.25) is 0 Å². The average molecular weight is 1770 g/mol. The molecule has 0 aliphatic carbocycles. The summed E-state index contributed by atoms with van der Waals surface area (Å²) in [5, 5.41) is 120. The smallest absolute Gasteiger partial charge is 0.298 e. The van der Waals surface area contributed by atoms with E-state index in [1.807, 2.05) is 62.3 Å². The lowest BCUT2D eigenvalue weighted by Gasteiger charge is -2.20. The lowest BCUT2D eigenvalue weighted by atomic mass is 9.93. The number of ketones is 7.